The van der Waals surface area contributed by atoms with Gasteiger partial charge in [0.15, 0.2) is 5.78 Å². The van der Waals surface area contributed by atoms with Crippen LogP contribution in [0, 0.1) is 11.8 Å². The summed E-state index contributed by atoms with van der Waals surface area (Å²) in [6.45, 7) is 2.15. The summed E-state index contributed by atoms with van der Waals surface area (Å²) in [6, 6.07) is 6.05. The number of hydrogen-bond donors (Lipinski definition) is 0. The highest BCUT2D eigenvalue weighted by Gasteiger charge is 2.40. The third-order valence-electron chi connectivity index (χ3n) is 3.26. The van der Waals surface area contributed by atoms with Crippen LogP contribution in [0.15, 0.2) is 28.1 Å². The number of Topliss-reactive ketones (excluding diaryl/α,β-unsaturated/α-hetero) is 1. The molecule has 0 amide bonds. The summed E-state index contributed by atoms with van der Waals surface area (Å²) in [5, 5.41) is 3.10. The molecule has 0 spiro atoms. The topological polar surface area (TPSA) is 17.1 Å². The minimum Gasteiger partial charge on any atom is -0.294 e. The SMILES string of the molecule is CC1CC1C(=O)c1csc2c(Br)cccc12. The van der Waals surface area contributed by atoms with Gasteiger partial charge in [0.05, 0.1) is 0 Å². The molecule has 1 saturated carbocycles. The van der Waals surface area contributed by atoms with Crippen LogP contribution in [0.4, 0.5) is 0 Å². The van der Waals surface area contributed by atoms with Crippen LogP contribution in [0.5, 0.6) is 0 Å². The Balaban J connectivity index is 2.11. The first kappa shape index (κ1) is 10.5. The van der Waals surface area contributed by atoms with Gasteiger partial charge >= 0.3 is 0 Å². The predicted molar refractivity (Wildman–Crippen MR) is 71.1 cm³/mol. The molecule has 1 heterocycles. The lowest BCUT2D eigenvalue weighted by Crippen LogP contribution is -2.01. The molecule has 1 aromatic carbocycles. The van der Waals surface area contributed by atoms with Gasteiger partial charge in [0.25, 0.3) is 0 Å². The van der Waals surface area contributed by atoms with Crippen LogP contribution in [0.3, 0.4) is 0 Å². The quantitative estimate of drug-likeness (QED) is 0.745. The maximum absolute atomic E-state index is 12.2. The molecule has 82 valence electrons. The largest absolute Gasteiger partial charge is 0.294 e. The molecule has 16 heavy (non-hydrogen) atoms. The van der Waals surface area contributed by atoms with Crippen LogP contribution in [0.25, 0.3) is 10.1 Å². The molecule has 1 aromatic heterocycles. The molecule has 2 atom stereocenters. The van der Waals surface area contributed by atoms with Gasteiger partial charge in [-0.3, -0.25) is 4.79 Å². The van der Waals surface area contributed by atoms with Crippen molar-refractivity contribution >= 4 is 43.1 Å². The molecule has 1 nitrogen and oxygen atoms in total. The third kappa shape index (κ3) is 1.54. The van der Waals surface area contributed by atoms with Gasteiger partial charge in [-0.2, -0.15) is 0 Å². The Morgan fingerprint density at radius 1 is 1.50 bits per heavy atom. The van der Waals surface area contributed by atoms with E-state index in [0.29, 0.717) is 11.7 Å². The average Bonchev–Trinajstić information content (AvgIpc) is 2.83. The fraction of sp³-hybridized carbons (Fsp3) is 0.308. The number of rotatable bonds is 2. The van der Waals surface area contributed by atoms with Crippen molar-refractivity contribution in [3.63, 3.8) is 0 Å². The maximum Gasteiger partial charge on any atom is 0.167 e. The van der Waals surface area contributed by atoms with Gasteiger partial charge in [0.2, 0.25) is 0 Å². The van der Waals surface area contributed by atoms with Gasteiger partial charge < -0.3 is 0 Å². The Hall–Kier alpha value is -0.670. The zero-order valence-corrected chi connectivity index (χ0v) is 11.3. The molecule has 2 aromatic rings. The van der Waals surface area contributed by atoms with Crippen LogP contribution >= 0.6 is 27.3 Å². The summed E-state index contributed by atoms with van der Waals surface area (Å²) in [5.41, 5.74) is 0.913. The molecule has 1 aliphatic carbocycles. The highest BCUT2D eigenvalue weighted by atomic mass is 79.9. The molecule has 0 aliphatic heterocycles. The van der Waals surface area contributed by atoms with Crippen molar-refractivity contribution in [2.75, 3.05) is 0 Å². The highest BCUT2D eigenvalue weighted by Crippen LogP contribution is 2.43. The molecular formula is C13H11BrOS. The molecule has 2 unspecified atom stereocenters. The normalized spacial score (nSPS) is 23.6. The van der Waals surface area contributed by atoms with E-state index in [2.05, 4.69) is 22.9 Å². The molecule has 0 radical (unpaired) electrons. The average molecular weight is 295 g/mol. The first-order valence-corrected chi connectivity index (χ1v) is 7.05. The minimum absolute atomic E-state index is 0.275. The number of carbonyl (C=O) groups is 1. The molecule has 0 bridgehead atoms. The van der Waals surface area contributed by atoms with E-state index in [1.807, 2.05) is 23.6 Å². The van der Waals surface area contributed by atoms with Crippen LogP contribution in [-0.4, -0.2) is 5.78 Å². The van der Waals surface area contributed by atoms with Crippen LogP contribution in [-0.2, 0) is 0 Å². The third-order valence-corrected chi connectivity index (χ3v) is 5.22. The van der Waals surface area contributed by atoms with Crippen LogP contribution in [0.1, 0.15) is 23.7 Å². The van der Waals surface area contributed by atoms with Crippen molar-refractivity contribution in [1.29, 1.82) is 0 Å². The van der Waals surface area contributed by atoms with E-state index in [4.69, 9.17) is 0 Å². The Bertz CT molecular complexity index is 572. The Morgan fingerprint density at radius 3 is 2.94 bits per heavy atom. The molecule has 0 N–H and O–H groups in total. The number of ketones is 1. The lowest BCUT2D eigenvalue weighted by Gasteiger charge is -1.98. The summed E-state index contributed by atoms with van der Waals surface area (Å²) in [5.74, 6) is 1.18. The van der Waals surface area contributed by atoms with Crippen molar-refractivity contribution in [2.45, 2.75) is 13.3 Å². The first-order chi connectivity index (χ1) is 7.68. The first-order valence-electron chi connectivity index (χ1n) is 5.38. The van der Waals surface area contributed by atoms with Gasteiger partial charge in [-0.15, -0.1) is 11.3 Å². The lowest BCUT2D eigenvalue weighted by atomic mass is 10.1. The van der Waals surface area contributed by atoms with Gasteiger partial charge in [0.1, 0.15) is 0 Å². The smallest absolute Gasteiger partial charge is 0.167 e. The molecule has 1 aliphatic rings. The van der Waals surface area contributed by atoms with E-state index < -0.39 is 0 Å². The lowest BCUT2D eigenvalue weighted by molar-refractivity contribution is 0.0964. The number of benzene rings is 1. The fourth-order valence-electron chi connectivity index (χ4n) is 2.10. The van der Waals surface area contributed by atoms with Crippen molar-refractivity contribution < 1.29 is 4.79 Å². The van der Waals surface area contributed by atoms with Crippen molar-refractivity contribution in [3.05, 3.63) is 33.6 Å². The molecule has 1 fully saturated rings. The van der Waals surface area contributed by atoms with E-state index in [-0.39, 0.29) is 5.92 Å². The predicted octanol–water partition coefficient (Wildman–Crippen LogP) is 4.50. The number of halogens is 1. The monoisotopic (exact) mass is 294 g/mol. The van der Waals surface area contributed by atoms with Crippen molar-refractivity contribution in [3.8, 4) is 0 Å². The second kappa shape index (κ2) is 3.67. The summed E-state index contributed by atoms with van der Waals surface area (Å²) in [7, 11) is 0. The van der Waals surface area contributed by atoms with E-state index in [9.17, 15) is 4.79 Å². The van der Waals surface area contributed by atoms with Gasteiger partial charge in [0, 0.05) is 31.4 Å². The van der Waals surface area contributed by atoms with Gasteiger partial charge in [-0.05, 0) is 34.3 Å². The second-order valence-corrected chi connectivity index (χ2v) is 6.18. The molecule has 3 rings (SSSR count). The Labute approximate surface area is 107 Å². The molecule has 3 heteroatoms. The Kier molecular flexibility index (Phi) is 2.41. The maximum atomic E-state index is 12.2. The van der Waals surface area contributed by atoms with Crippen LogP contribution < -0.4 is 0 Å². The summed E-state index contributed by atoms with van der Waals surface area (Å²) in [6.07, 6.45) is 1.06. The number of hydrogen-bond acceptors (Lipinski definition) is 2. The summed E-state index contributed by atoms with van der Waals surface area (Å²) >= 11 is 5.17. The van der Waals surface area contributed by atoms with E-state index in [0.717, 1.165) is 21.8 Å². The van der Waals surface area contributed by atoms with E-state index >= 15 is 0 Å². The van der Waals surface area contributed by atoms with E-state index in [1.54, 1.807) is 11.3 Å². The second-order valence-electron chi connectivity index (χ2n) is 4.45. The zero-order chi connectivity index (χ0) is 11.3. The molecular weight excluding hydrogens is 284 g/mol. The Morgan fingerprint density at radius 2 is 2.25 bits per heavy atom. The van der Waals surface area contributed by atoms with Crippen molar-refractivity contribution in [2.24, 2.45) is 11.8 Å². The fourth-order valence-corrected chi connectivity index (χ4v) is 3.71. The van der Waals surface area contributed by atoms with Gasteiger partial charge in [-0.25, -0.2) is 0 Å². The number of thiophene rings is 1. The number of carbonyl (C=O) groups excluding carboxylic acids is 1. The zero-order valence-electron chi connectivity index (χ0n) is 8.87. The number of fused-ring (bicyclic) bond motifs is 1. The van der Waals surface area contributed by atoms with Crippen LogP contribution in [0.2, 0.25) is 0 Å². The summed E-state index contributed by atoms with van der Waals surface area (Å²) < 4.78 is 2.26. The highest BCUT2D eigenvalue weighted by molar-refractivity contribution is 9.10. The van der Waals surface area contributed by atoms with Crippen molar-refractivity contribution in [1.82, 2.24) is 0 Å². The van der Waals surface area contributed by atoms with E-state index in [1.165, 1.54) is 4.70 Å². The summed E-state index contributed by atoms with van der Waals surface area (Å²) in [4.78, 5) is 12.2. The minimum atomic E-state index is 0.275. The molecule has 0 saturated heterocycles. The van der Waals surface area contributed by atoms with Gasteiger partial charge in [-0.1, -0.05) is 19.1 Å². The standard InChI is InChI=1S/C13H11BrOS/c1-7-5-9(7)12(15)10-6-16-13-8(10)3-2-4-11(13)14/h2-4,6-7,9H,5H2,1H3.